The molecule has 182 valence electrons. The lowest BCUT2D eigenvalue weighted by atomic mass is 9.71. The smallest absolute Gasteiger partial charge is 0.254 e. The highest BCUT2D eigenvalue weighted by Gasteiger charge is 2.40. The molecule has 5 rings (SSSR count). The van der Waals surface area contributed by atoms with E-state index >= 15 is 0 Å². The van der Waals surface area contributed by atoms with Crippen LogP contribution in [0.2, 0.25) is 0 Å². The number of halogens is 1. The number of rotatable bonds is 5. The highest BCUT2D eigenvalue weighted by molar-refractivity contribution is 6.10. The predicted molar refractivity (Wildman–Crippen MR) is 140 cm³/mol. The van der Waals surface area contributed by atoms with Gasteiger partial charge in [-0.1, -0.05) is 61.5 Å². The summed E-state index contributed by atoms with van der Waals surface area (Å²) in [5.74, 6) is -0.998. The number of anilines is 1. The summed E-state index contributed by atoms with van der Waals surface area (Å²) in [4.78, 5) is 27.3. The molecule has 1 amide bonds. The Bertz CT molecular complexity index is 1360. The number of dihydropyridines is 1. The second-order valence-corrected chi connectivity index (χ2v) is 9.48. The van der Waals surface area contributed by atoms with Gasteiger partial charge in [0.1, 0.15) is 5.82 Å². The van der Waals surface area contributed by atoms with Gasteiger partial charge in [0.2, 0.25) is 0 Å². The summed E-state index contributed by atoms with van der Waals surface area (Å²) >= 11 is 0. The molecule has 3 aromatic carbocycles. The zero-order valence-electron chi connectivity index (χ0n) is 20.5. The van der Waals surface area contributed by atoms with Gasteiger partial charge in [0, 0.05) is 40.6 Å². The number of aryl methyl sites for hydroxylation is 1. The summed E-state index contributed by atoms with van der Waals surface area (Å²) < 4.78 is 13.4. The van der Waals surface area contributed by atoms with Crippen molar-refractivity contribution < 1.29 is 14.0 Å². The van der Waals surface area contributed by atoms with Gasteiger partial charge in [-0.3, -0.25) is 9.59 Å². The van der Waals surface area contributed by atoms with Crippen molar-refractivity contribution in [1.29, 1.82) is 0 Å². The molecule has 1 aliphatic heterocycles. The van der Waals surface area contributed by atoms with E-state index in [4.69, 9.17) is 0 Å². The van der Waals surface area contributed by atoms with Gasteiger partial charge in [-0.15, -0.1) is 0 Å². The summed E-state index contributed by atoms with van der Waals surface area (Å²) in [5.41, 5.74) is 6.54. The summed E-state index contributed by atoms with van der Waals surface area (Å²) in [6, 6.07) is 24.0. The first-order chi connectivity index (χ1) is 17.4. The minimum absolute atomic E-state index is 0.0572. The molecule has 0 bridgehead atoms. The van der Waals surface area contributed by atoms with Crippen LogP contribution in [0.25, 0.3) is 0 Å². The molecule has 36 heavy (non-hydrogen) atoms. The van der Waals surface area contributed by atoms with Crippen molar-refractivity contribution in [3.05, 3.63) is 124 Å². The molecular weight excluding hydrogens is 451 g/mol. The van der Waals surface area contributed by atoms with Crippen LogP contribution in [0.4, 0.5) is 10.1 Å². The molecule has 1 heterocycles. The van der Waals surface area contributed by atoms with E-state index in [1.807, 2.05) is 37.3 Å². The van der Waals surface area contributed by atoms with Crippen LogP contribution >= 0.6 is 0 Å². The average Bonchev–Trinajstić information content (AvgIpc) is 2.89. The van der Waals surface area contributed by atoms with Crippen molar-refractivity contribution in [2.75, 3.05) is 5.32 Å². The largest absolute Gasteiger partial charge is 0.362 e. The molecule has 0 radical (unpaired) electrons. The first kappa shape index (κ1) is 23.7. The van der Waals surface area contributed by atoms with E-state index < -0.39 is 5.92 Å². The highest BCUT2D eigenvalue weighted by atomic mass is 19.1. The van der Waals surface area contributed by atoms with Crippen molar-refractivity contribution in [2.24, 2.45) is 0 Å². The van der Waals surface area contributed by atoms with E-state index in [2.05, 4.69) is 41.8 Å². The molecule has 2 atom stereocenters. The molecule has 0 spiro atoms. The number of amides is 1. The van der Waals surface area contributed by atoms with Gasteiger partial charge in [-0.05, 0) is 66.6 Å². The third-order valence-corrected chi connectivity index (χ3v) is 7.17. The second kappa shape index (κ2) is 9.94. The molecule has 2 N–H and O–H groups in total. The number of nitrogens with one attached hydrogen (secondary N) is 2. The zero-order valence-corrected chi connectivity index (χ0v) is 20.5. The molecule has 5 heteroatoms. The minimum Gasteiger partial charge on any atom is -0.362 e. The van der Waals surface area contributed by atoms with Crippen molar-refractivity contribution in [1.82, 2.24) is 5.32 Å². The molecule has 0 aromatic heterocycles. The average molecular weight is 481 g/mol. The Hall–Kier alpha value is -3.99. The molecule has 0 fully saturated rings. The number of carbonyl (C=O) groups is 2. The van der Waals surface area contributed by atoms with Gasteiger partial charge in [0.25, 0.3) is 5.91 Å². The van der Waals surface area contributed by atoms with Gasteiger partial charge in [0.05, 0.1) is 0 Å². The van der Waals surface area contributed by atoms with Gasteiger partial charge >= 0.3 is 0 Å². The third kappa shape index (κ3) is 4.61. The Kier molecular flexibility index (Phi) is 6.55. The second-order valence-electron chi connectivity index (χ2n) is 9.48. The van der Waals surface area contributed by atoms with E-state index in [1.54, 1.807) is 0 Å². The van der Waals surface area contributed by atoms with Crippen LogP contribution in [0.3, 0.4) is 0 Å². The molecule has 3 aromatic rings. The van der Waals surface area contributed by atoms with E-state index in [0.717, 1.165) is 28.9 Å². The topological polar surface area (TPSA) is 58.2 Å². The van der Waals surface area contributed by atoms with E-state index in [0.29, 0.717) is 29.7 Å². The lowest BCUT2D eigenvalue weighted by molar-refractivity contribution is -0.116. The number of hydrogen-bond acceptors (Lipinski definition) is 3. The lowest BCUT2D eigenvalue weighted by Gasteiger charge is -2.37. The quantitative estimate of drug-likeness (QED) is 0.445. The van der Waals surface area contributed by atoms with Crippen LogP contribution in [-0.2, 0) is 16.0 Å². The summed E-state index contributed by atoms with van der Waals surface area (Å²) in [6.45, 7) is 3.98. The maximum absolute atomic E-state index is 13.7. The highest BCUT2D eigenvalue weighted by Crippen LogP contribution is 2.45. The van der Waals surface area contributed by atoms with Gasteiger partial charge < -0.3 is 10.6 Å². The normalized spacial score (nSPS) is 19.6. The van der Waals surface area contributed by atoms with Crippen LogP contribution in [0.5, 0.6) is 0 Å². The number of carbonyl (C=O) groups excluding carboxylic acids is 2. The van der Waals surface area contributed by atoms with Crippen LogP contribution in [0.15, 0.2) is 101 Å². The predicted octanol–water partition coefficient (Wildman–Crippen LogP) is 6.39. The first-order valence-electron chi connectivity index (χ1n) is 12.4. The number of Topliss-reactive ketones (excluding diaryl/α,β-unsaturated/α-hetero) is 1. The fraction of sp³-hybridized carbons (Fsp3) is 0.226. The van der Waals surface area contributed by atoms with Crippen LogP contribution in [0, 0.1) is 5.82 Å². The van der Waals surface area contributed by atoms with E-state index in [9.17, 15) is 14.0 Å². The standard InChI is InChI=1S/C31H29FN2O2/c1-3-20-9-11-22(12-10-20)29-28(31(36)34-25-15-13-24(32)14-16-25)19(2)33-26-17-23(18-27(35)30(26)29)21-7-5-4-6-8-21/h4-16,23,29,33H,3,17-18H2,1-2H3,(H,34,36)/t23-,29-/m1/s1. The molecular formula is C31H29FN2O2. The first-order valence-corrected chi connectivity index (χ1v) is 12.4. The molecule has 0 saturated heterocycles. The Morgan fingerprint density at radius 1 is 0.944 bits per heavy atom. The summed E-state index contributed by atoms with van der Waals surface area (Å²) in [7, 11) is 0. The van der Waals surface area contributed by atoms with Crippen molar-refractivity contribution in [3.8, 4) is 0 Å². The van der Waals surface area contributed by atoms with Crippen molar-refractivity contribution in [2.45, 2.75) is 44.9 Å². The van der Waals surface area contributed by atoms with Gasteiger partial charge in [-0.2, -0.15) is 0 Å². The Balaban J connectivity index is 1.55. The maximum Gasteiger partial charge on any atom is 0.254 e. The fourth-order valence-corrected chi connectivity index (χ4v) is 5.31. The van der Waals surface area contributed by atoms with E-state index in [-0.39, 0.29) is 23.4 Å². The van der Waals surface area contributed by atoms with Crippen molar-refractivity contribution in [3.63, 3.8) is 0 Å². The maximum atomic E-state index is 13.7. The summed E-state index contributed by atoms with van der Waals surface area (Å²) in [5, 5.41) is 6.31. The van der Waals surface area contributed by atoms with Crippen LogP contribution < -0.4 is 10.6 Å². The third-order valence-electron chi connectivity index (χ3n) is 7.17. The van der Waals surface area contributed by atoms with Crippen molar-refractivity contribution >= 4 is 17.4 Å². The number of benzene rings is 3. The van der Waals surface area contributed by atoms with Gasteiger partial charge in [-0.25, -0.2) is 4.39 Å². The number of ketones is 1. The van der Waals surface area contributed by atoms with Crippen LogP contribution in [-0.4, -0.2) is 11.7 Å². The number of allylic oxidation sites excluding steroid dienone is 3. The Morgan fingerprint density at radius 3 is 2.31 bits per heavy atom. The number of hydrogen-bond donors (Lipinski definition) is 2. The van der Waals surface area contributed by atoms with Gasteiger partial charge in [0.15, 0.2) is 5.78 Å². The molecule has 4 nitrogen and oxygen atoms in total. The lowest BCUT2D eigenvalue weighted by Crippen LogP contribution is -2.37. The van der Waals surface area contributed by atoms with Crippen LogP contribution in [0.1, 0.15) is 55.2 Å². The Morgan fingerprint density at radius 2 is 1.64 bits per heavy atom. The molecule has 0 unspecified atom stereocenters. The fourth-order valence-electron chi connectivity index (χ4n) is 5.31. The molecule has 2 aliphatic rings. The SMILES string of the molecule is CCc1ccc([C@@H]2C(C(=O)Nc3ccc(F)cc3)=C(C)NC3=C2C(=O)C[C@H](c2ccccc2)C3)cc1. The molecule has 0 saturated carbocycles. The van der Waals surface area contributed by atoms with E-state index in [1.165, 1.54) is 29.8 Å². The monoisotopic (exact) mass is 480 g/mol. The summed E-state index contributed by atoms with van der Waals surface area (Å²) in [6.07, 6.45) is 2.02. The minimum atomic E-state index is -0.475. The zero-order chi connectivity index (χ0) is 25.2. The Labute approximate surface area is 210 Å². The molecule has 1 aliphatic carbocycles.